The Balaban J connectivity index is 1.83. The van der Waals surface area contributed by atoms with Crippen molar-refractivity contribution >= 4 is 0 Å². The summed E-state index contributed by atoms with van der Waals surface area (Å²) in [5, 5.41) is 0. The van der Waals surface area contributed by atoms with Crippen LogP contribution in [-0.2, 0) is 19.0 Å². The molecule has 6 heteroatoms. The first-order valence-corrected chi connectivity index (χ1v) is 10.3. The number of rotatable bonds is 7. The third-order valence-corrected chi connectivity index (χ3v) is 5.35. The zero-order valence-corrected chi connectivity index (χ0v) is 18.2. The maximum Gasteiger partial charge on any atom is 0.433 e. The molecule has 3 nitrogen and oxygen atoms in total. The smallest absolute Gasteiger partial charge is 0.433 e. The molecule has 3 rings (SSSR count). The van der Waals surface area contributed by atoms with E-state index in [1.165, 1.54) is 0 Å². The van der Waals surface area contributed by atoms with E-state index in [1.807, 2.05) is 57.2 Å². The lowest BCUT2D eigenvalue weighted by molar-refractivity contribution is -0.141. The second kappa shape index (κ2) is 9.50. The van der Waals surface area contributed by atoms with Crippen LogP contribution in [0.25, 0.3) is 0 Å². The maximum atomic E-state index is 13.3. The molecule has 2 aromatic heterocycles. The molecule has 0 fully saturated rings. The van der Waals surface area contributed by atoms with E-state index in [0.29, 0.717) is 24.1 Å². The number of benzene rings is 1. The molecule has 0 aliphatic rings. The van der Waals surface area contributed by atoms with Crippen LogP contribution >= 0.6 is 0 Å². The summed E-state index contributed by atoms with van der Waals surface area (Å²) in [6.45, 7) is 5.77. The molecule has 1 atom stereocenters. The minimum Gasteiger partial charge on any atom is -0.496 e. The third-order valence-electron chi connectivity index (χ3n) is 5.35. The van der Waals surface area contributed by atoms with Crippen molar-refractivity contribution in [2.45, 2.75) is 51.6 Å². The van der Waals surface area contributed by atoms with E-state index in [-0.39, 0.29) is 11.8 Å². The monoisotopic (exact) mass is 428 g/mol. The van der Waals surface area contributed by atoms with Crippen LogP contribution < -0.4 is 4.74 Å². The minimum atomic E-state index is -4.46. The zero-order chi connectivity index (χ0) is 22.6. The number of pyridine rings is 2. The highest BCUT2D eigenvalue weighted by atomic mass is 19.4. The Morgan fingerprint density at radius 1 is 0.935 bits per heavy atom. The summed E-state index contributed by atoms with van der Waals surface area (Å²) in [7, 11) is 1.64. The van der Waals surface area contributed by atoms with Crippen LogP contribution in [0.15, 0.2) is 54.7 Å². The van der Waals surface area contributed by atoms with Gasteiger partial charge in [0.1, 0.15) is 11.4 Å². The molecule has 0 saturated carbocycles. The van der Waals surface area contributed by atoms with Crippen molar-refractivity contribution in [2.75, 3.05) is 7.11 Å². The molecule has 1 unspecified atom stereocenters. The number of ether oxygens (including phenoxy) is 1. The van der Waals surface area contributed by atoms with Crippen LogP contribution in [0.1, 0.15) is 66.4 Å². The molecule has 0 aliphatic carbocycles. The van der Waals surface area contributed by atoms with Crippen molar-refractivity contribution in [1.29, 1.82) is 0 Å². The van der Waals surface area contributed by atoms with Gasteiger partial charge in [0.25, 0.3) is 0 Å². The number of nitrogens with zero attached hydrogens (tertiary/aromatic N) is 2. The van der Waals surface area contributed by atoms with Crippen molar-refractivity contribution in [1.82, 2.24) is 9.97 Å². The van der Waals surface area contributed by atoms with Gasteiger partial charge in [0.2, 0.25) is 0 Å². The molecular weight excluding hydrogens is 401 g/mol. The molecule has 0 N–H and O–H groups in total. The zero-order valence-electron chi connectivity index (χ0n) is 18.2. The molecule has 3 aromatic rings. The molecular formula is C25H27F3N2O. The highest BCUT2D eigenvalue weighted by molar-refractivity contribution is 5.37. The van der Waals surface area contributed by atoms with Crippen LogP contribution in [0.4, 0.5) is 13.2 Å². The molecule has 1 aromatic carbocycles. The van der Waals surface area contributed by atoms with Gasteiger partial charge in [0.15, 0.2) is 0 Å². The van der Waals surface area contributed by atoms with Gasteiger partial charge in [-0.05, 0) is 59.7 Å². The number of aromatic nitrogens is 2. The summed E-state index contributed by atoms with van der Waals surface area (Å²) in [4.78, 5) is 8.37. The molecule has 0 radical (unpaired) electrons. The lowest BCUT2D eigenvalue weighted by atomic mass is 9.93. The Kier molecular flexibility index (Phi) is 6.98. The Morgan fingerprint density at radius 3 is 2.32 bits per heavy atom. The van der Waals surface area contributed by atoms with Crippen LogP contribution in [0.5, 0.6) is 5.75 Å². The second-order valence-electron chi connectivity index (χ2n) is 8.10. The predicted octanol–water partition coefficient (Wildman–Crippen LogP) is 6.56. The summed E-state index contributed by atoms with van der Waals surface area (Å²) < 4.78 is 45.4. The lowest BCUT2D eigenvalue weighted by Gasteiger charge is -2.17. The van der Waals surface area contributed by atoms with Gasteiger partial charge in [-0.1, -0.05) is 39.0 Å². The third kappa shape index (κ3) is 5.84. The Labute approximate surface area is 181 Å². The number of halogens is 3. The topological polar surface area (TPSA) is 35.0 Å². The Bertz CT molecular complexity index is 1030. The van der Waals surface area contributed by atoms with E-state index in [4.69, 9.17) is 4.74 Å². The fourth-order valence-corrected chi connectivity index (χ4v) is 3.57. The van der Waals surface area contributed by atoms with Gasteiger partial charge >= 0.3 is 6.18 Å². The molecule has 31 heavy (non-hydrogen) atoms. The van der Waals surface area contributed by atoms with E-state index >= 15 is 0 Å². The summed E-state index contributed by atoms with van der Waals surface area (Å²) in [5.41, 5.74) is 3.21. The Hall–Kier alpha value is -2.89. The van der Waals surface area contributed by atoms with E-state index in [0.717, 1.165) is 28.6 Å². The highest BCUT2D eigenvalue weighted by Crippen LogP contribution is 2.31. The van der Waals surface area contributed by atoms with Gasteiger partial charge in [-0.25, -0.2) is 4.98 Å². The van der Waals surface area contributed by atoms with Crippen LogP contribution in [0, 0.1) is 0 Å². The van der Waals surface area contributed by atoms with Gasteiger partial charge in [0.05, 0.1) is 7.11 Å². The minimum absolute atomic E-state index is 0.00425. The van der Waals surface area contributed by atoms with Crippen LogP contribution in [0.2, 0.25) is 0 Å². The predicted molar refractivity (Wildman–Crippen MR) is 115 cm³/mol. The molecule has 0 bridgehead atoms. The fourth-order valence-electron chi connectivity index (χ4n) is 3.57. The molecule has 0 saturated heterocycles. The number of hydrogen-bond donors (Lipinski definition) is 0. The molecule has 0 spiro atoms. The van der Waals surface area contributed by atoms with Gasteiger partial charge < -0.3 is 4.74 Å². The van der Waals surface area contributed by atoms with E-state index in [1.54, 1.807) is 19.4 Å². The summed E-state index contributed by atoms with van der Waals surface area (Å²) >= 11 is 0. The van der Waals surface area contributed by atoms with Crippen molar-refractivity contribution in [2.24, 2.45) is 0 Å². The van der Waals surface area contributed by atoms with E-state index in [2.05, 4.69) is 9.97 Å². The van der Waals surface area contributed by atoms with Crippen molar-refractivity contribution < 1.29 is 17.9 Å². The summed E-state index contributed by atoms with van der Waals surface area (Å²) in [6, 6.07) is 14.6. The largest absolute Gasteiger partial charge is 0.496 e. The first-order valence-electron chi connectivity index (χ1n) is 10.3. The number of alkyl halides is 3. The summed E-state index contributed by atoms with van der Waals surface area (Å²) in [6.07, 6.45) is -1.68. The SMILES string of the molecule is COc1ccccc1Cc1cc(C(C)Cc2cc(C(C)C)cc(C(F)(F)F)n2)ccn1. The number of hydrogen-bond acceptors (Lipinski definition) is 3. The standard InChI is InChI=1S/C25H27F3N2O/c1-16(2)20-14-22(30-24(15-20)25(26,27)28)11-17(3)18-9-10-29-21(12-18)13-19-7-5-6-8-23(19)31-4/h5-10,12,14-17H,11,13H2,1-4H3. The maximum absolute atomic E-state index is 13.3. The molecule has 0 aliphatic heterocycles. The average Bonchev–Trinajstić information content (AvgIpc) is 2.73. The first kappa shape index (κ1) is 22.8. The lowest BCUT2D eigenvalue weighted by Crippen LogP contribution is -2.12. The summed E-state index contributed by atoms with van der Waals surface area (Å²) in [5.74, 6) is 0.791. The average molecular weight is 428 g/mol. The van der Waals surface area contributed by atoms with Crippen LogP contribution in [0.3, 0.4) is 0 Å². The fraction of sp³-hybridized carbons (Fsp3) is 0.360. The number of methoxy groups -OCH3 is 1. The van der Waals surface area contributed by atoms with Crippen LogP contribution in [-0.4, -0.2) is 17.1 Å². The van der Waals surface area contributed by atoms with E-state index in [9.17, 15) is 13.2 Å². The van der Waals surface area contributed by atoms with Gasteiger partial charge in [-0.2, -0.15) is 13.2 Å². The van der Waals surface area contributed by atoms with Gasteiger partial charge in [-0.3, -0.25) is 4.98 Å². The van der Waals surface area contributed by atoms with Crippen molar-refractivity contribution in [3.63, 3.8) is 0 Å². The molecule has 2 heterocycles. The Morgan fingerprint density at radius 2 is 1.65 bits per heavy atom. The highest BCUT2D eigenvalue weighted by Gasteiger charge is 2.33. The molecule has 0 amide bonds. The first-order chi connectivity index (χ1) is 14.7. The molecule has 164 valence electrons. The van der Waals surface area contributed by atoms with Gasteiger partial charge in [0, 0.05) is 29.6 Å². The van der Waals surface area contributed by atoms with E-state index < -0.39 is 11.9 Å². The normalized spacial score (nSPS) is 12.8. The van der Waals surface area contributed by atoms with Gasteiger partial charge in [-0.15, -0.1) is 0 Å². The second-order valence-corrected chi connectivity index (χ2v) is 8.10. The van der Waals surface area contributed by atoms with Crippen molar-refractivity contribution in [3.05, 3.63) is 88.5 Å². The quantitative estimate of drug-likeness (QED) is 0.427. The number of para-hydroxylation sites is 1. The van der Waals surface area contributed by atoms with Crippen molar-refractivity contribution in [3.8, 4) is 5.75 Å².